The van der Waals surface area contributed by atoms with E-state index < -0.39 is 0 Å². The minimum Gasteiger partial charge on any atom is -0.298 e. The molecule has 120 valence electrons. The summed E-state index contributed by atoms with van der Waals surface area (Å²) in [6.45, 7) is 0. The summed E-state index contributed by atoms with van der Waals surface area (Å²) in [7, 11) is 0. The van der Waals surface area contributed by atoms with Crippen molar-refractivity contribution in [1.82, 2.24) is 9.97 Å². The van der Waals surface area contributed by atoms with Gasteiger partial charge in [0.05, 0.1) is 11.3 Å². The average molecular weight is 400 g/mol. The number of carbonyl (C=O) groups excluding carboxylic acids is 1. The number of benzene rings is 1. The number of nitrogens with one attached hydrogen (secondary N) is 1. The molecule has 1 aliphatic carbocycles. The molecule has 0 atom stereocenters. The van der Waals surface area contributed by atoms with Crippen molar-refractivity contribution in [2.75, 3.05) is 5.32 Å². The second kappa shape index (κ2) is 6.45. The fourth-order valence-corrected chi connectivity index (χ4v) is 3.98. The van der Waals surface area contributed by atoms with E-state index in [1.807, 2.05) is 5.38 Å². The van der Waals surface area contributed by atoms with E-state index >= 15 is 0 Å². The number of thiazole rings is 1. The number of nitrogens with zero attached hydrogens (tertiary/aromatic N) is 2. The predicted octanol–water partition coefficient (Wildman–Crippen LogP) is 4.71. The van der Waals surface area contributed by atoms with Gasteiger partial charge in [-0.05, 0) is 58.5 Å². The highest BCUT2D eigenvalue weighted by atomic mass is 79.9. The van der Waals surface area contributed by atoms with Crippen molar-refractivity contribution in [3.8, 4) is 11.3 Å². The monoisotopic (exact) mass is 399 g/mol. The Bertz CT molecular complexity index is 922. The van der Waals surface area contributed by atoms with Crippen LogP contribution in [0.5, 0.6) is 0 Å². The van der Waals surface area contributed by atoms with E-state index in [0.29, 0.717) is 10.7 Å². The van der Waals surface area contributed by atoms with Crippen molar-refractivity contribution >= 4 is 38.3 Å². The lowest BCUT2D eigenvalue weighted by atomic mass is 10.1. The van der Waals surface area contributed by atoms with Gasteiger partial charge in [0.15, 0.2) is 5.13 Å². The zero-order valence-corrected chi connectivity index (χ0v) is 15.2. The molecule has 6 heteroatoms. The van der Waals surface area contributed by atoms with Crippen LogP contribution < -0.4 is 5.32 Å². The molecule has 4 rings (SSSR count). The molecular weight excluding hydrogens is 386 g/mol. The Morgan fingerprint density at radius 2 is 2.04 bits per heavy atom. The number of hydrogen-bond donors (Lipinski definition) is 1. The van der Waals surface area contributed by atoms with Gasteiger partial charge < -0.3 is 0 Å². The first-order valence-corrected chi connectivity index (χ1v) is 9.36. The van der Waals surface area contributed by atoms with Crippen molar-refractivity contribution < 1.29 is 4.79 Å². The first kappa shape index (κ1) is 15.5. The van der Waals surface area contributed by atoms with Crippen molar-refractivity contribution in [1.29, 1.82) is 0 Å². The second-order valence-electron chi connectivity index (χ2n) is 5.72. The van der Waals surface area contributed by atoms with Crippen molar-refractivity contribution in [3.05, 3.63) is 63.2 Å². The number of aromatic nitrogens is 2. The molecule has 1 aliphatic rings. The van der Waals surface area contributed by atoms with Gasteiger partial charge >= 0.3 is 0 Å². The fraction of sp³-hybridized carbons (Fsp3) is 0.167. The van der Waals surface area contributed by atoms with Crippen LogP contribution in [0.15, 0.2) is 46.5 Å². The van der Waals surface area contributed by atoms with Crippen LogP contribution in [-0.4, -0.2) is 15.9 Å². The zero-order valence-electron chi connectivity index (χ0n) is 12.8. The predicted molar refractivity (Wildman–Crippen MR) is 99.5 cm³/mol. The SMILES string of the molecule is O=C(Nc1nc(-c2ccc3c(c2)CCC3)cs1)c1cncc(Br)c1. The number of pyridine rings is 1. The zero-order chi connectivity index (χ0) is 16.5. The number of aryl methyl sites for hydroxylation is 2. The molecule has 0 saturated heterocycles. The lowest BCUT2D eigenvalue weighted by Gasteiger charge is -2.03. The topological polar surface area (TPSA) is 54.9 Å². The van der Waals surface area contributed by atoms with Crippen LogP contribution >= 0.6 is 27.3 Å². The van der Waals surface area contributed by atoms with Gasteiger partial charge in [0.2, 0.25) is 0 Å². The van der Waals surface area contributed by atoms with E-state index in [1.54, 1.807) is 12.3 Å². The summed E-state index contributed by atoms with van der Waals surface area (Å²) in [5.41, 5.74) is 5.38. The third-order valence-electron chi connectivity index (χ3n) is 4.09. The largest absolute Gasteiger partial charge is 0.298 e. The van der Waals surface area contributed by atoms with Gasteiger partial charge in [-0.1, -0.05) is 12.1 Å². The van der Waals surface area contributed by atoms with Gasteiger partial charge in [0.25, 0.3) is 5.91 Å². The molecule has 0 aliphatic heterocycles. The molecule has 1 aromatic carbocycles. The Hall–Kier alpha value is -2.05. The Labute approximate surface area is 152 Å². The number of amides is 1. The smallest absolute Gasteiger partial charge is 0.259 e. The first-order chi connectivity index (χ1) is 11.7. The Kier molecular flexibility index (Phi) is 4.16. The summed E-state index contributed by atoms with van der Waals surface area (Å²) in [6, 6.07) is 8.27. The third kappa shape index (κ3) is 3.12. The second-order valence-corrected chi connectivity index (χ2v) is 7.49. The number of carbonyl (C=O) groups is 1. The highest BCUT2D eigenvalue weighted by Crippen LogP contribution is 2.30. The van der Waals surface area contributed by atoms with Crippen LogP contribution in [0, 0.1) is 0 Å². The molecule has 3 aromatic rings. The van der Waals surface area contributed by atoms with Gasteiger partial charge in [-0.2, -0.15) is 0 Å². The van der Waals surface area contributed by atoms with Crippen molar-refractivity contribution in [2.24, 2.45) is 0 Å². The van der Waals surface area contributed by atoms with Gasteiger partial charge in [0, 0.05) is 27.8 Å². The molecule has 0 bridgehead atoms. The Morgan fingerprint density at radius 1 is 1.17 bits per heavy atom. The van der Waals surface area contributed by atoms with Crippen LogP contribution in [0.4, 0.5) is 5.13 Å². The van der Waals surface area contributed by atoms with Crippen LogP contribution in [0.2, 0.25) is 0 Å². The quantitative estimate of drug-likeness (QED) is 0.693. The number of hydrogen-bond acceptors (Lipinski definition) is 4. The standard InChI is InChI=1S/C18H14BrN3OS/c19-15-7-14(8-20-9-15)17(23)22-18-21-16(10-24-18)13-5-4-11-2-1-3-12(11)6-13/h4-10H,1-3H2,(H,21,22,23). The first-order valence-electron chi connectivity index (χ1n) is 7.69. The van der Waals surface area contributed by atoms with Gasteiger partial charge in [-0.25, -0.2) is 4.98 Å². The minimum atomic E-state index is -0.210. The molecule has 1 N–H and O–H groups in total. The highest BCUT2D eigenvalue weighted by molar-refractivity contribution is 9.10. The maximum Gasteiger partial charge on any atom is 0.259 e. The number of fused-ring (bicyclic) bond motifs is 1. The average Bonchev–Trinajstić information content (AvgIpc) is 3.23. The molecule has 2 heterocycles. The normalized spacial score (nSPS) is 12.9. The molecule has 1 amide bonds. The van der Waals surface area contributed by atoms with Crippen molar-refractivity contribution in [3.63, 3.8) is 0 Å². The van der Waals surface area contributed by atoms with E-state index in [-0.39, 0.29) is 5.91 Å². The van der Waals surface area contributed by atoms with Crippen LogP contribution in [-0.2, 0) is 12.8 Å². The molecule has 0 fully saturated rings. The highest BCUT2D eigenvalue weighted by Gasteiger charge is 2.14. The van der Waals surface area contributed by atoms with E-state index in [4.69, 9.17) is 0 Å². The van der Waals surface area contributed by atoms with Crippen molar-refractivity contribution in [2.45, 2.75) is 19.3 Å². The molecule has 4 nitrogen and oxygen atoms in total. The molecule has 0 radical (unpaired) electrons. The van der Waals surface area contributed by atoms with Crippen LogP contribution in [0.3, 0.4) is 0 Å². The summed E-state index contributed by atoms with van der Waals surface area (Å²) in [5, 5.41) is 5.41. The lowest BCUT2D eigenvalue weighted by Crippen LogP contribution is -2.11. The van der Waals surface area contributed by atoms with E-state index in [1.165, 1.54) is 41.5 Å². The number of halogens is 1. The number of rotatable bonds is 3. The molecule has 0 unspecified atom stereocenters. The summed E-state index contributed by atoms with van der Waals surface area (Å²) in [6.07, 6.45) is 6.74. The Morgan fingerprint density at radius 3 is 2.92 bits per heavy atom. The summed E-state index contributed by atoms with van der Waals surface area (Å²) >= 11 is 4.75. The summed E-state index contributed by atoms with van der Waals surface area (Å²) in [4.78, 5) is 20.8. The minimum absolute atomic E-state index is 0.210. The summed E-state index contributed by atoms with van der Waals surface area (Å²) in [5.74, 6) is -0.210. The Balaban J connectivity index is 1.53. The van der Waals surface area contributed by atoms with E-state index in [9.17, 15) is 4.79 Å². The maximum atomic E-state index is 12.3. The third-order valence-corrected chi connectivity index (χ3v) is 5.28. The van der Waals surface area contributed by atoms with Gasteiger partial charge in [-0.3, -0.25) is 15.1 Å². The lowest BCUT2D eigenvalue weighted by molar-refractivity contribution is 0.102. The van der Waals surface area contributed by atoms with E-state index in [2.05, 4.69) is 49.4 Å². The summed E-state index contributed by atoms with van der Waals surface area (Å²) < 4.78 is 0.771. The fourth-order valence-electron chi connectivity index (χ4n) is 2.90. The van der Waals surface area contributed by atoms with Gasteiger partial charge in [0.1, 0.15) is 0 Å². The maximum absolute atomic E-state index is 12.3. The van der Waals surface area contributed by atoms with Crippen LogP contribution in [0.25, 0.3) is 11.3 Å². The molecular formula is C18H14BrN3OS. The van der Waals surface area contributed by atoms with E-state index in [0.717, 1.165) is 22.2 Å². The number of anilines is 1. The molecule has 0 saturated carbocycles. The molecule has 2 aromatic heterocycles. The molecule has 0 spiro atoms. The van der Waals surface area contributed by atoms with Gasteiger partial charge in [-0.15, -0.1) is 11.3 Å². The molecule has 24 heavy (non-hydrogen) atoms. The van der Waals surface area contributed by atoms with Crippen LogP contribution in [0.1, 0.15) is 27.9 Å².